The SMILES string of the molecule is CCNC(=O)[C@H]1CCN(C(=O)c2ccccc2OC(F)F)C1. The van der Waals surface area contributed by atoms with E-state index in [4.69, 9.17) is 0 Å². The van der Waals surface area contributed by atoms with Crippen molar-refractivity contribution in [1.29, 1.82) is 0 Å². The summed E-state index contributed by atoms with van der Waals surface area (Å²) in [5.41, 5.74) is 0.0827. The van der Waals surface area contributed by atoms with Gasteiger partial charge in [0.2, 0.25) is 5.91 Å². The summed E-state index contributed by atoms with van der Waals surface area (Å²) >= 11 is 0. The van der Waals surface area contributed by atoms with Gasteiger partial charge in [0.05, 0.1) is 11.5 Å². The lowest BCUT2D eigenvalue weighted by atomic mass is 10.1. The van der Waals surface area contributed by atoms with Gasteiger partial charge in [-0.3, -0.25) is 9.59 Å². The third-order valence-corrected chi connectivity index (χ3v) is 3.53. The minimum atomic E-state index is -2.99. The lowest BCUT2D eigenvalue weighted by Crippen LogP contribution is -2.34. The fourth-order valence-corrected chi connectivity index (χ4v) is 2.49. The van der Waals surface area contributed by atoms with Crippen LogP contribution in [0.2, 0.25) is 0 Å². The van der Waals surface area contributed by atoms with Crippen LogP contribution in [0.4, 0.5) is 8.78 Å². The Bertz CT molecular complexity index is 551. The van der Waals surface area contributed by atoms with Crippen LogP contribution >= 0.6 is 0 Å². The van der Waals surface area contributed by atoms with Crippen molar-refractivity contribution < 1.29 is 23.1 Å². The van der Waals surface area contributed by atoms with E-state index in [1.165, 1.54) is 23.1 Å². The van der Waals surface area contributed by atoms with Gasteiger partial charge in [0.1, 0.15) is 5.75 Å². The van der Waals surface area contributed by atoms with Crippen LogP contribution in [0.1, 0.15) is 23.7 Å². The molecule has 1 heterocycles. The first-order valence-electron chi connectivity index (χ1n) is 7.13. The Morgan fingerprint density at radius 2 is 2.14 bits per heavy atom. The zero-order chi connectivity index (χ0) is 16.1. The Kier molecular flexibility index (Phi) is 5.30. The smallest absolute Gasteiger partial charge is 0.387 e. The molecule has 2 rings (SSSR count). The fraction of sp³-hybridized carbons (Fsp3) is 0.467. The number of amides is 2. The van der Waals surface area contributed by atoms with E-state index in [-0.39, 0.29) is 29.7 Å². The van der Waals surface area contributed by atoms with Crippen molar-refractivity contribution in [3.63, 3.8) is 0 Å². The van der Waals surface area contributed by atoms with E-state index in [2.05, 4.69) is 10.1 Å². The summed E-state index contributed by atoms with van der Waals surface area (Å²) in [6.45, 7) is 0.0786. The number of benzene rings is 1. The highest BCUT2D eigenvalue weighted by Crippen LogP contribution is 2.25. The quantitative estimate of drug-likeness (QED) is 0.903. The largest absolute Gasteiger partial charge is 0.434 e. The summed E-state index contributed by atoms with van der Waals surface area (Å²) in [4.78, 5) is 25.7. The second kappa shape index (κ2) is 7.20. The Morgan fingerprint density at radius 1 is 1.41 bits per heavy atom. The molecular weight excluding hydrogens is 294 g/mol. The average Bonchev–Trinajstić information content (AvgIpc) is 2.96. The number of carbonyl (C=O) groups excluding carboxylic acids is 2. The van der Waals surface area contributed by atoms with Gasteiger partial charge in [-0.25, -0.2) is 0 Å². The van der Waals surface area contributed by atoms with E-state index >= 15 is 0 Å². The Balaban J connectivity index is 2.08. The molecule has 1 aromatic rings. The normalized spacial score (nSPS) is 17.6. The second-order valence-electron chi connectivity index (χ2n) is 5.01. The molecule has 0 bridgehead atoms. The van der Waals surface area contributed by atoms with Crippen molar-refractivity contribution in [2.45, 2.75) is 20.0 Å². The minimum Gasteiger partial charge on any atom is -0.434 e. The molecule has 120 valence electrons. The first-order valence-corrected chi connectivity index (χ1v) is 7.13. The van der Waals surface area contributed by atoms with E-state index in [1.54, 1.807) is 6.07 Å². The van der Waals surface area contributed by atoms with E-state index < -0.39 is 12.5 Å². The predicted octanol–water partition coefficient (Wildman–Crippen LogP) is 1.89. The molecule has 1 fully saturated rings. The lowest BCUT2D eigenvalue weighted by Gasteiger charge is -2.18. The first kappa shape index (κ1) is 16.2. The van der Waals surface area contributed by atoms with Crippen LogP contribution in [-0.2, 0) is 4.79 Å². The molecule has 0 saturated carbocycles. The molecule has 7 heteroatoms. The van der Waals surface area contributed by atoms with Crippen molar-refractivity contribution in [1.82, 2.24) is 10.2 Å². The van der Waals surface area contributed by atoms with E-state index in [0.717, 1.165) is 0 Å². The van der Waals surface area contributed by atoms with Crippen LogP contribution < -0.4 is 10.1 Å². The molecule has 5 nitrogen and oxygen atoms in total. The molecule has 0 spiro atoms. The van der Waals surface area contributed by atoms with Crippen LogP contribution in [-0.4, -0.2) is 43.0 Å². The van der Waals surface area contributed by atoms with Gasteiger partial charge in [-0.1, -0.05) is 12.1 Å². The van der Waals surface area contributed by atoms with Crippen molar-refractivity contribution in [2.24, 2.45) is 5.92 Å². The highest BCUT2D eigenvalue weighted by molar-refractivity contribution is 5.97. The van der Waals surface area contributed by atoms with Crippen LogP contribution in [0.25, 0.3) is 0 Å². The van der Waals surface area contributed by atoms with E-state index in [9.17, 15) is 18.4 Å². The zero-order valence-electron chi connectivity index (χ0n) is 12.2. The molecule has 22 heavy (non-hydrogen) atoms. The van der Waals surface area contributed by atoms with Crippen LogP contribution in [0, 0.1) is 5.92 Å². The van der Waals surface area contributed by atoms with Gasteiger partial charge in [0.25, 0.3) is 5.91 Å². The number of alkyl halides is 2. The van der Waals surface area contributed by atoms with Gasteiger partial charge in [-0.2, -0.15) is 8.78 Å². The first-order chi connectivity index (χ1) is 10.5. The second-order valence-corrected chi connectivity index (χ2v) is 5.01. The molecule has 1 saturated heterocycles. The van der Waals surface area contributed by atoms with E-state index in [0.29, 0.717) is 19.5 Å². The molecule has 1 aliphatic rings. The number of carbonyl (C=O) groups is 2. The Labute approximate surface area is 127 Å². The minimum absolute atomic E-state index is 0.0827. The summed E-state index contributed by atoms with van der Waals surface area (Å²) < 4.78 is 29.2. The monoisotopic (exact) mass is 312 g/mol. The number of para-hydroxylation sites is 1. The highest BCUT2D eigenvalue weighted by Gasteiger charge is 2.32. The zero-order valence-corrected chi connectivity index (χ0v) is 12.2. The molecule has 0 aliphatic carbocycles. The third kappa shape index (κ3) is 3.72. The molecule has 1 aliphatic heterocycles. The van der Waals surface area contributed by atoms with Crippen LogP contribution in [0.5, 0.6) is 5.75 Å². The summed E-state index contributed by atoms with van der Waals surface area (Å²) in [6, 6.07) is 5.88. The number of ether oxygens (including phenoxy) is 1. The number of nitrogens with zero attached hydrogens (tertiary/aromatic N) is 1. The lowest BCUT2D eigenvalue weighted by molar-refractivity contribution is -0.124. The standard InChI is InChI=1S/C15H18F2N2O3/c1-2-18-13(20)10-7-8-19(9-10)14(21)11-5-3-4-6-12(11)22-15(16)17/h3-6,10,15H,2,7-9H2,1H3,(H,18,20)/t10-/m0/s1. The number of hydrogen-bond acceptors (Lipinski definition) is 3. The molecule has 1 N–H and O–H groups in total. The molecule has 0 aromatic heterocycles. The Morgan fingerprint density at radius 3 is 2.82 bits per heavy atom. The number of nitrogens with one attached hydrogen (secondary N) is 1. The maximum absolute atomic E-state index is 12.4. The highest BCUT2D eigenvalue weighted by atomic mass is 19.3. The number of rotatable bonds is 5. The molecule has 2 amide bonds. The average molecular weight is 312 g/mol. The fourth-order valence-electron chi connectivity index (χ4n) is 2.49. The van der Waals surface area contributed by atoms with Gasteiger partial charge < -0.3 is 15.0 Å². The van der Waals surface area contributed by atoms with Crippen molar-refractivity contribution >= 4 is 11.8 Å². The number of hydrogen-bond donors (Lipinski definition) is 1. The Hall–Kier alpha value is -2.18. The van der Waals surface area contributed by atoms with Crippen molar-refractivity contribution in [2.75, 3.05) is 19.6 Å². The molecule has 0 unspecified atom stereocenters. The maximum Gasteiger partial charge on any atom is 0.387 e. The third-order valence-electron chi connectivity index (χ3n) is 3.53. The molecule has 1 aromatic carbocycles. The van der Waals surface area contributed by atoms with Crippen molar-refractivity contribution in [3.05, 3.63) is 29.8 Å². The molecule has 1 atom stereocenters. The maximum atomic E-state index is 12.4. The van der Waals surface area contributed by atoms with Gasteiger partial charge in [0.15, 0.2) is 0 Å². The van der Waals surface area contributed by atoms with Crippen LogP contribution in [0.15, 0.2) is 24.3 Å². The number of likely N-dealkylation sites (tertiary alicyclic amines) is 1. The summed E-state index contributed by atoms with van der Waals surface area (Å²) in [7, 11) is 0. The van der Waals surface area contributed by atoms with Crippen molar-refractivity contribution in [3.8, 4) is 5.75 Å². The molecular formula is C15H18F2N2O3. The van der Waals surface area contributed by atoms with Gasteiger partial charge in [-0.05, 0) is 25.5 Å². The van der Waals surface area contributed by atoms with Gasteiger partial charge in [0, 0.05) is 19.6 Å². The van der Waals surface area contributed by atoms with Crippen LogP contribution in [0.3, 0.4) is 0 Å². The summed E-state index contributed by atoms with van der Waals surface area (Å²) in [5.74, 6) is -0.894. The molecule has 0 radical (unpaired) electrons. The number of halogens is 2. The topological polar surface area (TPSA) is 58.6 Å². The summed E-state index contributed by atoms with van der Waals surface area (Å²) in [6.07, 6.45) is 0.565. The predicted molar refractivity (Wildman–Crippen MR) is 75.8 cm³/mol. The van der Waals surface area contributed by atoms with E-state index in [1.807, 2.05) is 6.92 Å². The van der Waals surface area contributed by atoms with Gasteiger partial charge in [-0.15, -0.1) is 0 Å². The van der Waals surface area contributed by atoms with Gasteiger partial charge >= 0.3 is 6.61 Å². The summed E-state index contributed by atoms with van der Waals surface area (Å²) in [5, 5.41) is 2.72.